The number of carbonyl (C=O) groups is 1. The summed E-state index contributed by atoms with van der Waals surface area (Å²) in [4.78, 5) is 14.1. The zero-order valence-electron chi connectivity index (χ0n) is 30.4. The lowest BCUT2D eigenvalue weighted by Gasteiger charge is -2.27. The molecule has 2 heterocycles. The number of phenols is 1. The molecule has 3 aromatic rings. The first kappa shape index (κ1) is 37.8. The number of ether oxygens (including phenoxy) is 1. The number of nitrogens with one attached hydrogen (secondary N) is 1. The molecule has 0 saturated carbocycles. The van der Waals surface area contributed by atoms with E-state index in [-0.39, 0.29) is 22.0 Å². The van der Waals surface area contributed by atoms with E-state index in [1.54, 1.807) is 30.3 Å². The highest BCUT2D eigenvalue weighted by Gasteiger charge is 2.44. The number of carbonyl (C=O) groups excluding carboxylic acids is 1. The molecule has 272 valence electrons. The van der Waals surface area contributed by atoms with Crippen molar-refractivity contribution in [3.8, 4) is 11.5 Å². The fraction of sp³-hybridized carbons (Fsp3) is 0.415. The highest BCUT2D eigenvalue weighted by molar-refractivity contribution is 7.85. The van der Waals surface area contributed by atoms with Crippen LogP contribution >= 0.6 is 0 Å². The summed E-state index contributed by atoms with van der Waals surface area (Å²) < 4.78 is 44.3. The lowest BCUT2D eigenvalue weighted by Crippen LogP contribution is -2.28. The fourth-order valence-corrected chi connectivity index (χ4v) is 7.70. The van der Waals surface area contributed by atoms with Gasteiger partial charge in [-0.3, -0.25) is 4.79 Å². The van der Waals surface area contributed by atoms with Crippen molar-refractivity contribution in [2.45, 2.75) is 88.9 Å². The van der Waals surface area contributed by atoms with Crippen molar-refractivity contribution < 1.29 is 32.2 Å². The summed E-state index contributed by atoms with van der Waals surface area (Å²) in [5.74, 6) is 0.999. The predicted octanol–water partition coefficient (Wildman–Crippen LogP) is 7.47. The van der Waals surface area contributed by atoms with Crippen LogP contribution in [-0.4, -0.2) is 60.5 Å². The Kier molecular flexibility index (Phi) is 11.8. The Morgan fingerprint density at radius 1 is 0.961 bits per heavy atom. The van der Waals surface area contributed by atoms with Gasteiger partial charge in [-0.25, -0.2) is 8.42 Å². The average molecular weight is 714 g/mol. The van der Waals surface area contributed by atoms with Gasteiger partial charge in [-0.1, -0.05) is 51.5 Å². The number of fused-ring (bicyclic) bond motifs is 2. The minimum absolute atomic E-state index is 0.0787. The summed E-state index contributed by atoms with van der Waals surface area (Å²) in [7, 11) is -4.62. The molecule has 0 aromatic heterocycles. The van der Waals surface area contributed by atoms with E-state index in [0.717, 1.165) is 61.3 Å². The molecular formula is C41H51N3O6S. The predicted molar refractivity (Wildman–Crippen MR) is 201 cm³/mol. The van der Waals surface area contributed by atoms with E-state index >= 15 is 0 Å². The highest BCUT2D eigenvalue weighted by Crippen LogP contribution is 2.49. The van der Waals surface area contributed by atoms with E-state index in [4.69, 9.17) is 4.74 Å². The van der Waals surface area contributed by atoms with Crippen LogP contribution in [0, 0.1) is 0 Å². The number of aromatic hydroxyl groups is 1. The van der Waals surface area contributed by atoms with Gasteiger partial charge in [0.25, 0.3) is 0 Å². The molecule has 5 rings (SSSR count). The average Bonchev–Trinajstić information content (AvgIpc) is 3.44. The van der Waals surface area contributed by atoms with Gasteiger partial charge < -0.3 is 24.6 Å². The molecule has 0 saturated heterocycles. The Morgan fingerprint density at radius 2 is 1.71 bits per heavy atom. The summed E-state index contributed by atoms with van der Waals surface area (Å²) in [6.07, 6.45) is 11.1. The van der Waals surface area contributed by atoms with Crippen molar-refractivity contribution in [2.75, 3.05) is 31.1 Å². The molecule has 0 unspecified atom stereocenters. The molecule has 10 heteroatoms. The Morgan fingerprint density at radius 3 is 2.43 bits per heavy atom. The van der Waals surface area contributed by atoms with E-state index < -0.39 is 15.5 Å². The summed E-state index contributed by atoms with van der Waals surface area (Å²) >= 11 is 0. The topological polar surface area (TPSA) is 122 Å². The minimum Gasteiger partial charge on any atom is -0.744 e. The largest absolute Gasteiger partial charge is 0.744 e. The van der Waals surface area contributed by atoms with Crippen molar-refractivity contribution in [3.63, 3.8) is 0 Å². The van der Waals surface area contributed by atoms with E-state index in [9.17, 15) is 22.9 Å². The van der Waals surface area contributed by atoms with Gasteiger partial charge in [-0.15, -0.1) is 0 Å². The number of unbranched alkanes of at least 4 members (excludes halogenated alkanes) is 2. The second-order valence-electron chi connectivity index (χ2n) is 14.4. The SMILES string of the molecule is CCCNC(=O)CCCCCN1/C(=C/C=C/C2=[N+](CCCOc3ccc(O)cc3)c3ccccc3C2(C)C)C(C)(C)c2cc(S(=O)(=O)[O-])ccc21. The molecular weight excluding hydrogens is 663 g/mol. The molecule has 9 nitrogen and oxygen atoms in total. The number of phenolic OH excluding ortho intramolecular Hbond substituents is 1. The van der Waals surface area contributed by atoms with Gasteiger partial charge in [-0.05, 0) is 87.2 Å². The van der Waals surface area contributed by atoms with Crippen molar-refractivity contribution >= 4 is 33.1 Å². The van der Waals surface area contributed by atoms with Crippen molar-refractivity contribution in [2.24, 2.45) is 0 Å². The van der Waals surface area contributed by atoms with E-state index in [1.165, 1.54) is 23.4 Å². The van der Waals surface area contributed by atoms with Gasteiger partial charge in [0.05, 0.1) is 16.9 Å². The number of anilines is 1. The third kappa shape index (κ3) is 8.56. The number of para-hydroxylation sites is 1. The first-order chi connectivity index (χ1) is 24.2. The maximum absolute atomic E-state index is 12.1. The molecule has 0 aliphatic carbocycles. The molecule has 2 aliphatic heterocycles. The molecule has 0 fully saturated rings. The summed E-state index contributed by atoms with van der Waals surface area (Å²) in [5, 5.41) is 12.5. The number of hydrogen-bond donors (Lipinski definition) is 2. The van der Waals surface area contributed by atoms with Gasteiger partial charge in [0, 0.05) is 60.4 Å². The number of rotatable bonds is 16. The van der Waals surface area contributed by atoms with Crippen LogP contribution in [0.2, 0.25) is 0 Å². The van der Waals surface area contributed by atoms with Crippen molar-refractivity contribution in [3.05, 3.63) is 102 Å². The van der Waals surface area contributed by atoms with Gasteiger partial charge in [0.2, 0.25) is 11.6 Å². The molecule has 0 atom stereocenters. The van der Waals surface area contributed by atoms with Crippen molar-refractivity contribution in [1.29, 1.82) is 0 Å². The fourth-order valence-electron chi connectivity index (χ4n) is 7.20. The Hall–Kier alpha value is -4.41. The van der Waals surface area contributed by atoms with Crippen LogP contribution in [-0.2, 0) is 25.7 Å². The Balaban J connectivity index is 1.41. The monoisotopic (exact) mass is 713 g/mol. The molecule has 51 heavy (non-hydrogen) atoms. The number of allylic oxidation sites excluding steroid dienone is 4. The standard InChI is InChI=1S/C41H51N3O6S/c1-6-25-42-39(46)18-8-7-11-26-43-36-24-23-32(51(47,48)49)29-34(36)41(4,5)38(43)17-12-16-37-40(2,3)33-14-9-10-15-35(33)44(37)27-13-28-50-31-21-19-30(45)20-22-31/h9-10,12,14-17,19-24,29H,6-8,11,13,18,25-28H2,1-5H3,(H2-,42,45,46,47,48,49). The summed E-state index contributed by atoms with van der Waals surface area (Å²) in [6.45, 7) is 13.3. The highest BCUT2D eigenvalue weighted by atomic mass is 32.2. The zero-order chi connectivity index (χ0) is 36.8. The number of amides is 1. The Bertz CT molecular complexity index is 1930. The van der Waals surface area contributed by atoms with Crippen LogP contribution < -0.4 is 15.0 Å². The van der Waals surface area contributed by atoms with Gasteiger partial charge >= 0.3 is 0 Å². The van der Waals surface area contributed by atoms with Crippen LogP contribution in [0.15, 0.2) is 95.6 Å². The molecule has 0 radical (unpaired) electrons. The Labute approximate surface area is 303 Å². The normalized spacial score (nSPS) is 16.9. The molecule has 2 N–H and O–H groups in total. The first-order valence-electron chi connectivity index (χ1n) is 17.9. The molecule has 2 aliphatic rings. The third-order valence-corrected chi connectivity index (χ3v) is 10.8. The molecule has 3 aromatic carbocycles. The minimum atomic E-state index is -4.62. The van der Waals surface area contributed by atoms with Gasteiger partial charge in [0.15, 0.2) is 12.3 Å². The maximum Gasteiger partial charge on any atom is 0.219 e. The zero-order valence-corrected chi connectivity index (χ0v) is 31.3. The molecule has 0 spiro atoms. The summed E-state index contributed by atoms with van der Waals surface area (Å²) in [5.41, 5.74) is 5.47. The van der Waals surface area contributed by atoms with Crippen LogP contribution in [0.5, 0.6) is 11.5 Å². The first-order valence-corrected chi connectivity index (χ1v) is 19.4. The van der Waals surface area contributed by atoms with Crippen molar-refractivity contribution in [1.82, 2.24) is 5.32 Å². The molecule has 1 amide bonds. The number of benzene rings is 3. The second-order valence-corrected chi connectivity index (χ2v) is 15.7. The number of nitrogens with zero attached hydrogens (tertiary/aromatic N) is 2. The van der Waals surface area contributed by atoms with Gasteiger partial charge in [-0.2, -0.15) is 4.58 Å². The smallest absolute Gasteiger partial charge is 0.219 e. The number of hydrogen-bond acceptors (Lipinski definition) is 7. The third-order valence-electron chi connectivity index (χ3n) is 9.95. The second kappa shape index (κ2) is 15.9. The quantitative estimate of drug-likeness (QED) is 0.0898. The van der Waals surface area contributed by atoms with Crippen LogP contribution in [0.3, 0.4) is 0 Å². The lowest BCUT2D eigenvalue weighted by atomic mass is 9.81. The van der Waals surface area contributed by atoms with Gasteiger partial charge in [0.1, 0.15) is 21.6 Å². The lowest BCUT2D eigenvalue weighted by molar-refractivity contribution is -0.438. The molecule has 0 bridgehead atoms. The van der Waals surface area contributed by atoms with Crippen LogP contribution in [0.4, 0.5) is 11.4 Å². The van der Waals surface area contributed by atoms with E-state index in [2.05, 4.69) is 85.0 Å². The van der Waals surface area contributed by atoms with Crippen LogP contribution in [0.1, 0.15) is 84.3 Å². The van der Waals surface area contributed by atoms with E-state index in [0.29, 0.717) is 31.9 Å². The van der Waals surface area contributed by atoms with E-state index in [1.807, 2.05) is 6.92 Å². The maximum atomic E-state index is 12.1. The summed E-state index contributed by atoms with van der Waals surface area (Å²) in [6, 6.07) is 19.9. The van der Waals surface area contributed by atoms with Crippen LogP contribution in [0.25, 0.3) is 0 Å².